The van der Waals surface area contributed by atoms with E-state index in [4.69, 9.17) is 4.74 Å². The minimum absolute atomic E-state index is 0.227. The van der Waals surface area contributed by atoms with E-state index in [1.807, 2.05) is 12.1 Å². The van der Waals surface area contributed by atoms with Gasteiger partial charge in [0.15, 0.2) is 0 Å². The predicted molar refractivity (Wildman–Crippen MR) is 145 cm³/mol. The van der Waals surface area contributed by atoms with Crippen molar-refractivity contribution in [3.05, 3.63) is 84.1 Å². The molecule has 0 saturated heterocycles. The summed E-state index contributed by atoms with van der Waals surface area (Å²) in [5, 5.41) is 15.5. The summed E-state index contributed by atoms with van der Waals surface area (Å²) in [6, 6.07) is 23.3. The molecule has 0 bridgehead atoms. The first-order valence-electron chi connectivity index (χ1n) is 12.6. The van der Waals surface area contributed by atoms with Crippen molar-refractivity contribution in [2.24, 2.45) is 5.41 Å². The summed E-state index contributed by atoms with van der Waals surface area (Å²) in [6.45, 7) is 10.6. The SMILES string of the molecule is CCCc1c(OCc2cccc(-c3ccc(-c4nn[nH]n4)cc3)c2)ccc2c1ccn2CC(C)(C)C. The van der Waals surface area contributed by atoms with Crippen LogP contribution in [0.25, 0.3) is 33.4 Å². The van der Waals surface area contributed by atoms with Crippen LogP contribution >= 0.6 is 0 Å². The Balaban J connectivity index is 1.36. The van der Waals surface area contributed by atoms with Gasteiger partial charge in [-0.3, -0.25) is 0 Å². The van der Waals surface area contributed by atoms with E-state index in [1.165, 1.54) is 16.5 Å². The first-order valence-corrected chi connectivity index (χ1v) is 12.6. The maximum absolute atomic E-state index is 6.42. The molecule has 0 radical (unpaired) electrons. The minimum Gasteiger partial charge on any atom is -0.489 e. The van der Waals surface area contributed by atoms with Gasteiger partial charge in [-0.05, 0) is 58.0 Å². The molecule has 6 nitrogen and oxygen atoms in total. The van der Waals surface area contributed by atoms with Crippen LogP contribution < -0.4 is 4.74 Å². The zero-order valence-corrected chi connectivity index (χ0v) is 21.5. The molecule has 3 aromatic carbocycles. The van der Waals surface area contributed by atoms with Crippen molar-refractivity contribution in [1.29, 1.82) is 0 Å². The molecule has 0 aliphatic carbocycles. The summed E-state index contributed by atoms with van der Waals surface area (Å²) in [5.74, 6) is 1.57. The molecule has 5 rings (SSSR count). The average molecular weight is 480 g/mol. The number of H-pyrrole nitrogens is 1. The van der Waals surface area contributed by atoms with Crippen molar-refractivity contribution in [3.63, 3.8) is 0 Å². The van der Waals surface area contributed by atoms with Gasteiger partial charge in [0.2, 0.25) is 5.82 Å². The van der Waals surface area contributed by atoms with Gasteiger partial charge in [0.25, 0.3) is 0 Å². The summed E-state index contributed by atoms with van der Waals surface area (Å²) >= 11 is 0. The Morgan fingerprint density at radius 3 is 2.44 bits per heavy atom. The maximum atomic E-state index is 6.42. The first-order chi connectivity index (χ1) is 17.4. The molecule has 0 aliphatic rings. The fourth-order valence-electron chi connectivity index (χ4n) is 4.70. The van der Waals surface area contributed by atoms with E-state index < -0.39 is 0 Å². The molecule has 0 spiro atoms. The summed E-state index contributed by atoms with van der Waals surface area (Å²) in [6.07, 6.45) is 4.29. The Labute approximate surface area is 212 Å². The number of hydrogen-bond donors (Lipinski definition) is 1. The molecular weight excluding hydrogens is 446 g/mol. The topological polar surface area (TPSA) is 68.6 Å². The van der Waals surface area contributed by atoms with Gasteiger partial charge in [-0.25, -0.2) is 0 Å². The van der Waals surface area contributed by atoms with Crippen LogP contribution in [-0.2, 0) is 19.6 Å². The van der Waals surface area contributed by atoms with E-state index >= 15 is 0 Å². The van der Waals surface area contributed by atoms with E-state index in [2.05, 4.69) is 114 Å². The highest BCUT2D eigenvalue weighted by atomic mass is 16.5. The summed E-state index contributed by atoms with van der Waals surface area (Å²) in [4.78, 5) is 0. The van der Waals surface area contributed by atoms with Crippen molar-refractivity contribution < 1.29 is 4.74 Å². The Morgan fingerprint density at radius 2 is 1.72 bits per heavy atom. The van der Waals surface area contributed by atoms with Crippen LogP contribution in [0.3, 0.4) is 0 Å². The zero-order valence-electron chi connectivity index (χ0n) is 21.5. The summed E-state index contributed by atoms with van der Waals surface area (Å²) in [5.41, 5.74) is 7.17. The third kappa shape index (κ3) is 5.18. The van der Waals surface area contributed by atoms with Gasteiger partial charge in [-0.1, -0.05) is 76.6 Å². The minimum atomic E-state index is 0.227. The number of ether oxygens (including phenoxy) is 1. The molecule has 36 heavy (non-hydrogen) atoms. The fraction of sp³-hybridized carbons (Fsp3) is 0.300. The van der Waals surface area contributed by atoms with E-state index in [1.54, 1.807) is 0 Å². The monoisotopic (exact) mass is 479 g/mol. The number of nitrogens with zero attached hydrogens (tertiary/aromatic N) is 4. The van der Waals surface area contributed by atoms with E-state index in [-0.39, 0.29) is 5.41 Å². The standard InChI is InChI=1S/C30H33N5O/c1-5-7-26-25-16-17-35(20-30(2,3)4)27(25)14-15-28(26)36-19-21-8-6-9-24(18-21)22-10-12-23(13-11-22)29-31-33-34-32-29/h6,8-18H,5,7,19-20H2,1-4H3,(H,31,32,33,34). The van der Waals surface area contributed by atoms with E-state index in [0.717, 1.165) is 47.4 Å². The van der Waals surface area contributed by atoms with Gasteiger partial charge < -0.3 is 9.30 Å². The first kappa shape index (κ1) is 23.8. The molecule has 0 fully saturated rings. The quantitative estimate of drug-likeness (QED) is 0.258. The number of aromatic nitrogens is 5. The second kappa shape index (κ2) is 9.97. The van der Waals surface area contributed by atoms with Crippen LogP contribution in [0, 0.1) is 5.41 Å². The number of aromatic amines is 1. The lowest BCUT2D eigenvalue weighted by atomic mass is 9.97. The summed E-state index contributed by atoms with van der Waals surface area (Å²) < 4.78 is 8.78. The van der Waals surface area contributed by atoms with Crippen molar-refractivity contribution in [2.45, 2.75) is 53.7 Å². The van der Waals surface area contributed by atoms with Gasteiger partial charge in [0.05, 0.1) is 0 Å². The van der Waals surface area contributed by atoms with Crippen molar-refractivity contribution >= 4 is 10.9 Å². The molecule has 0 saturated carbocycles. The van der Waals surface area contributed by atoms with Gasteiger partial charge in [-0.2, -0.15) is 5.21 Å². The third-order valence-corrected chi connectivity index (χ3v) is 6.31. The molecule has 2 aromatic heterocycles. The number of nitrogens with one attached hydrogen (secondary N) is 1. The molecule has 0 amide bonds. The molecule has 2 heterocycles. The Hall–Kier alpha value is -3.93. The van der Waals surface area contributed by atoms with Crippen molar-refractivity contribution in [2.75, 3.05) is 0 Å². The Kier molecular flexibility index (Phi) is 6.59. The van der Waals surface area contributed by atoms with Crippen LogP contribution in [0.1, 0.15) is 45.2 Å². The molecule has 0 aliphatic heterocycles. The van der Waals surface area contributed by atoms with Crippen LogP contribution in [0.4, 0.5) is 0 Å². The predicted octanol–water partition coefficient (Wildman–Crippen LogP) is 7.07. The molecule has 0 atom stereocenters. The second-order valence-electron chi connectivity index (χ2n) is 10.5. The molecule has 184 valence electrons. The highest BCUT2D eigenvalue weighted by molar-refractivity contribution is 5.86. The largest absolute Gasteiger partial charge is 0.489 e. The van der Waals surface area contributed by atoms with Gasteiger partial charge in [0.1, 0.15) is 12.4 Å². The van der Waals surface area contributed by atoms with E-state index in [9.17, 15) is 0 Å². The highest BCUT2D eigenvalue weighted by Gasteiger charge is 2.16. The number of fused-ring (bicyclic) bond motifs is 1. The number of benzene rings is 3. The number of hydrogen-bond acceptors (Lipinski definition) is 4. The molecule has 6 heteroatoms. The number of aryl methyl sites for hydroxylation is 1. The Bertz CT molecular complexity index is 1440. The highest BCUT2D eigenvalue weighted by Crippen LogP contribution is 2.32. The van der Waals surface area contributed by atoms with Crippen LogP contribution in [0.5, 0.6) is 5.75 Å². The molecule has 1 N–H and O–H groups in total. The smallest absolute Gasteiger partial charge is 0.204 e. The lowest BCUT2D eigenvalue weighted by molar-refractivity contribution is 0.303. The Morgan fingerprint density at radius 1 is 0.917 bits per heavy atom. The maximum Gasteiger partial charge on any atom is 0.204 e. The van der Waals surface area contributed by atoms with Gasteiger partial charge in [0, 0.05) is 34.8 Å². The lowest BCUT2D eigenvalue weighted by Gasteiger charge is -2.20. The van der Waals surface area contributed by atoms with Crippen LogP contribution in [-0.4, -0.2) is 25.2 Å². The second-order valence-corrected chi connectivity index (χ2v) is 10.5. The van der Waals surface area contributed by atoms with E-state index in [0.29, 0.717) is 12.4 Å². The van der Waals surface area contributed by atoms with Crippen molar-refractivity contribution in [1.82, 2.24) is 25.2 Å². The van der Waals surface area contributed by atoms with Crippen molar-refractivity contribution in [3.8, 4) is 28.3 Å². The molecule has 5 aromatic rings. The fourth-order valence-corrected chi connectivity index (χ4v) is 4.70. The van der Waals surface area contributed by atoms with Crippen LogP contribution in [0.15, 0.2) is 72.9 Å². The number of rotatable bonds is 8. The lowest BCUT2D eigenvalue weighted by Crippen LogP contribution is -2.14. The van der Waals surface area contributed by atoms with Gasteiger partial charge in [-0.15, -0.1) is 10.2 Å². The third-order valence-electron chi connectivity index (χ3n) is 6.31. The normalized spacial score (nSPS) is 11.8. The molecular formula is C30H33N5O. The van der Waals surface area contributed by atoms with Crippen LogP contribution in [0.2, 0.25) is 0 Å². The van der Waals surface area contributed by atoms with Gasteiger partial charge >= 0.3 is 0 Å². The number of tetrazole rings is 1. The zero-order chi connectivity index (χ0) is 25.1. The molecule has 0 unspecified atom stereocenters. The summed E-state index contributed by atoms with van der Waals surface area (Å²) in [7, 11) is 0. The average Bonchev–Trinajstić information content (AvgIpc) is 3.54.